The molecule has 8 nitrogen and oxygen atoms in total. The number of nitrogens with one attached hydrogen (secondary N) is 1. The third-order valence-corrected chi connectivity index (χ3v) is 2.63. The average Bonchev–Trinajstić information content (AvgIpc) is 2.98. The van der Waals surface area contributed by atoms with Gasteiger partial charge in [-0.25, -0.2) is 19.4 Å². The highest BCUT2D eigenvalue weighted by atomic mass is 16.4. The van der Waals surface area contributed by atoms with Gasteiger partial charge in [0.25, 0.3) is 0 Å². The molecule has 0 radical (unpaired) electrons. The number of hydrogen-bond donors (Lipinski definition) is 2. The number of amides is 1. The van der Waals surface area contributed by atoms with Crippen molar-refractivity contribution < 1.29 is 14.7 Å². The van der Waals surface area contributed by atoms with E-state index >= 15 is 0 Å². The van der Waals surface area contributed by atoms with Crippen molar-refractivity contribution in [2.75, 3.05) is 5.32 Å². The highest BCUT2D eigenvalue weighted by Gasteiger charge is 2.15. The molecule has 0 saturated heterocycles. The lowest BCUT2D eigenvalue weighted by Gasteiger charge is -2.11. The van der Waals surface area contributed by atoms with Gasteiger partial charge in [0.1, 0.15) is 24.5 Å². The fourth-order valence-electron chi connectivity index (χ4n) is 1.54. The van der Waals surface area contributed by atoms with Crippen LogP contribution >= 0.6 is 0 Å². The molecular formula is C13H13N5O3. The monoisotopic (exact) mass is 287 g/mol. The Bertz CT molecular complexity index is 666. The summed E-state index contributed by atoms with van der Waals surface area (Å²) in [6.45, 7) is 1.68. The van der Waals surface area contributed by atoms with Crippen LogP contribution in [-0.2, 0) is 9.59 Å². The average molecular weight is 287 g/mol. The zero-order valence-corrected chi connectivity index (χ0v) is 11.2. The summed E-state index contributed by atoms with van der Waals surface area (Å²) in [5, 5.41) is 15.1. The number of aliphatic carboxylic acids is 1. The van der Waals surface area contributed by atoms with Gasteiger partial charge in [0.15, 0.2) is 0 Å². The molecule has 0 saturated carbocycles. The zero-order valence-electron chi connectivity index (χ0n) is 11.2. The van der Waals surface area contributed by atoms with Crippen molar-refractivity contribution in [3.8, 4) is 0 Å². The van der Waals surface area contributed by atoms with E-state index in [0.717, 1.165) is 6.08 Å². The molecule has 0 aromatic carbocycles. The maximum atomic E-state index is 12.0. The first-order chi connectivity index (χ1) is 10.1. The number of rotatable bonds is 5. The Hall–Kier alpha value is -3.03. The number of pyridine rings is 1. The summed E-state index contributed by atoms with van der Waals surface area (Å²) >= 11 is 0. The summed E-state index contributed by atoms with van der Waals surface area (Å²) in [6, 6.07) is 4.39. The number of carboxylic acids is 1. The van der Waals surface area contributed by atoms with Crippen LogP contribution in [0.5, 0.6) is 0 Å². The van der Waals surface area contributed by atoms with Crippen LogP contribution in [0.4, 0.5) is 5.82 Å². The van der Waals surface area contributed by atoms with Crippen LogP contribution in [0, 0.1) is 0 Å². The van der Waals surface area contributed by atoms with Crippen LogP contribution in [-0.4, -0.2) is 36.7 Å². The first kappa shape index (κ1) is 14.4. The van der Waals surface area contributed by atoms with Gasteiger partial charge in [-0.2, -0.15) is 5.10 Å². The molecule has 0 aliphatic heterocycles. The van der Waals surface area contributed by atoms with Crippen molar-refractivity contribution in [3.05, 3.63) is 42.6 Å². The molecule has 2 N–H and O–H groups in total. The van der Waals surface area contributed by atoms with E-state index < -0.39 is 12.0 Å². The van der Waals surface area contributed by atoms with E-state index in [1.807, 2.05) is 0 Å². The zero-order chi connectivity index (χ0) is 15.2. The van der Waals surface area contributed by atoms with Gasteiger partial charge < -0.3 is 10.4 Å². The minimum absolute atomic E-state index is 0.299. The first-order valence-electron chi connectivity index (χ1n) is 6.09. The van der Waals surface area contributed by atoms with Gasteiger partial charge >= 0.3 is 5.97 Å². The molecule has 0 fully saturated rings. The quantitative estimate of drug-likeness (QED) is 0.793. The van der Waals surface area contributed by atoms with Crippen LogP contribution < -0.4 is 5.32 Å². The molecule has 1 amide bonds. The molecule has 8 heteroatoms. The van der Waals surface area contributed by atoms with E-state index in [1.165, 1.54) is 23.4 Å². The second-order valence-corrected chi connectivity index (χ2v) is 4.16. The number of carbonyl (C=O) groups excluding carboxylic acids is 1. The van der Waals surface area contributed by atoms with Crippen LogP contribution in [0.15, 0.2) is 36.9 Å². The second-order valence-electron chi connectivity index (χ2n) is 4.16. The largest absolute Gasteiger partial charge is 0.478 e. The maximum Gasteiger partial charge on any atom is 0.328 e. The Balaban J connectivity index is 2.07. The smallest absolute Gasteiger partial charge is 0.328 e. The van der Waals surface area contributed by atoms with Crippen LogP contribution in [0.2, 0.25) is 0 Å². The van der Waals surface area contributed by atoms with Crippen molar-refractivity contribution in [2.45, 2.75) is 13.0 Å². The number of aromatic nitrogens is 4. The van der Waals surface area contributed by atoms with Crippen molar-refractivity contribution in [1.82, 2.24) is 19.7 Å². The van der Waals surface area contributed by atoms with Crippen LogP contribution in [0.3, 0.4) is 0 Å². The molecule has 2 heterocycles. The lowest BCUT2D eigenvalue weighted by Crippen LogP contribution is -2.24. The van der Waals surface area contributed by atoms with Gasteiger partial charge in [-0.3, -0.25) is 4.79 Å². The van der Waals surface area contributed by atoms with Gasteiger partial charge in [-0.05, 0) is 25.1 Å². The van der Waals surface area contributed by atoms with E-state index in [4.69, 9.17) is 5.11 Å². The molecule has 0 aliphatic carbocycles. The number of hydrogen-bond acceptors (Lipinski definition) is 5. The van der Waals surface area contributed by atoms with E-state index in [-0.39, 0.29) is 5.91 Å². The second kappa shape index (κ2) is 6.42. The van der Waals surface area contributed by atoms with Gasteiger partial charge in [-0.15, -0.1) is 0 Å². The molecular weight excluding hydrogens is 274 g/mol. The molecule has 0 aliphatic rings. The normalized spacial score (nSPS) is 12.2. The van der Waals surface area contributed by atoms with E-state index in [1.54, 1.807) is 25.1 Å². The van der Waals surface area contributed by atoms with Crippen molar-refractivity contribution in [1.29, 1.82) is 0 Å². The van der Waals surface area contributed by atoms with Crippen molar-refractivity contribution >= 4 is 23.8 Å². The van der Waals surface area contributed by atoms with Gasteiger partial charge in [0.2, 0.25) is 5.91 Å². The summed E-state index contributed by atoms with van der Waals surface area (Å²) in [5.74, 6) is -1.03. The summed E-state index contributed by atoms with van der Waals surface area (Å²) in [6.07, 6.45) is 5.12. The molecule has 1 unspecified atom stereocenters. The predicted molar refractivity (Wildman–Crippen MR) is 74.3 cm³/mol. The lowest BCUT2D eigenvalue weighted by molar-refractivity contribution is -0.131. The third kappa shape index (κ3) is 3.96. The highest BCUT2D eigenvalue weighted by molar-refractivity contribution is 5.92. The van der Waals surface area contributed by atoms with E-state index in [0.29, 0.717) is 11.5 Å². The summed E-state index contributed by atoms with van der Waals surface area (Å²) in [5.41, 5.74) is 0.434. The topological polar surface area (TPSA) is 110 Å². The third-order valence-electron chi connectivity index (χ3n) is 2.63. The Morgan fingerprint density at radius 1 is 1.43 bits per heavy atom. The Morgan fingerprint density at radius 2 is 2.24 bits per heavy atom. The summed E-state index contributed by atoms with van der Waals surface area (Å²) in [7, 11) is 0. The standard InChI is InChI=1S/C13H13N5O3/c1-9(18-8-14-7-15-18)13(21)17-11-4-2-3-10(16-11)5-6-12(19)20/h2-9H,1H3,(H,19,20)(H,16,17,21). The van der Waals surface area contributed by atoms with Gasteiger partial charge in [0.05, 0.1) is 5.69 Å². The minimum Gasteiger partial charge on any atom is -0.478 e. The molecule has 0 spiro atoms. The molecule has 2 aromatic rings. The number of carboxylic acid groups (broad SMARTS) is 1. The van der Waals surface area contributed by atoms with Gasteiger partial charge in [-0.1, -0.05) is 6.07 Å². The predicted octanol–water partition coefficient (Wildman–Crippen LogP) is 0.971. The van der Waals surface area contributed by atoms with Crippen LogP contribution in [0.25, 0.3) is 6.08 Å². The molecule has 0 bridgehead atoms. The van der Waals surface area contributed by atoms with Crippen molar-refractivity contribution in [2.24, 2.45) is 0 Å². The molecule has 21 heavy (non-hydrogen) atoms. The summed E-state index contributed by atoms with van der Waals surface area (Å²) in [4.78, 5) is 30.4. The fraction of sp³-hybridized carbons (Fsp3) is 0.154. The summed E-state index contributed by atoms with van der Waals surface area (Å²) < 4.78 is 1.42. The highest BCUT2D eigenvalue weighted by Crippen LogP contribution is 2.10. The molecule has 2 rings (SSSR count). The number of nitrogens with zero attached hydrogens (tertiary/aromatic N) is 4. The van der Waals surface area contributed by atoms with Crippen LogP contribution in [0.1, 0.15) is 18.7 Å². The number of anilines is 1. The molecule has 108 valence electrons. The molecule has 2 aromatic heterocycles. The number of carbonyl (C=O) groups is 2. The minimum atomic E-state index is -1.06. The first-order valence-corrected chi connectivity index (χ1v) is 6.09. The molecule has 1 atom stereocenters. The Labute approximate surface area is 120 Å². The van der Waals surface area contributed by atoms with E-state index in [2.05, 4.69) is 20.4 Å². The SMILES string of the molecule is CC(C(=O)Nc1cccc(C=CC(=O)O)n1)n1cncn1. The van der Waals surface area contributed by atoms with E-state index in [9.17, 15) is 9.59 Å². The fourth-order valence-corrected chi connectivity index (χ4v) is 1.54. The lowest BCUT2D eigenvalue weighted by atomic mass is 10.3. The Kier molecular flexibility index (Phi) is 4.39. The van der Waals surface area contributed by atoms with Gasteiger partial charge in [0, 0.05) is 6.08 Å². The Morgan fingerprint density at radius 3 is 2.90 bits per heavy atom. The van der Waals surface area contributed by atoms with Crippen molar-refractivity contribution in [3.63, 3.8) is 0 Å². The maximum absolute atomic E-state index is 12.0.